The molecule has 0 aromatic rings. The molecule has 0 saturated carbocycles. The number of halogens is 1. The molecular weight excluding hydrogens is 168 g/mol. The smallest absolute Gasteiger partial charge is 0.0537 e. The number of nitrogens with zero attached hydrogens (tertiary/aromatic N) is 1. The van der Waals surface area contributed by atoms with E-state index >= 15 is 0 Å². The summed E-state index contributed by atoms with van der Waals surface area (Å²) in [5, 5.41) is 0. The lowest BCUT2D eigenvalue weighted by Crippen LogP contribution is -1.93. The van der Waals surface area contributed by atoms with Crippen LogP contribution in [0.1, 0.15) is 6.92 Å². The van der Waals surface area contributed by atoms with Crippen LogP contribution in [0.5, 0.6) is 0 Å². The van der Waals surface area contributed by atoms with Gasteiger partial charge in [0.1, 0.15) is 0 Å². The minimum absolute atomic E-state index is 0.746. The molecule has 0 aliphatic heterocycles. The Bertz CT molecular complexity index is 122. The average Bonchev–Trinajstić information content (AvgIpc) is 1.67. The Morgan fingerprint density at radius 3 is 2.38 bits per heavy atom. The van der Waals surface area contributed by atoms with E-state index in [-0.39, 0.29) is 0 Å². The van der Waals surface area contributed by atoms with E-state index < -0.39 is 0 Å². The summed E-state index contributed by atoms with van der Waals surface area (Å²) in [6, 6.07) is 0. The van der Waals surface area contributed by atoms with Crippen molar-refractivity contribution >= 4 is 22.1 Å². The second-order valence-electron chi connectivity index (χ2n) is 1.42. The zero-order valence-electron chi connectivity index (χ0n) is 4.98. The Morgan fingerprint density at radius 1 is 1.75 bits per heavy atom. The second kappa shape index (κ2) is 3.66. The molecule has 0 amide bonds. The number of rotatable bonds is 1. The van der Waals surface area contributed by atoms with Crippen molar-refractivity contribution in [2.45, 2.75) is 6.92 Å². The fourth-order valence-electron chi connectivity index (χ4n) is 0.215. The third kappa shape index (κ3) is 2.80. The maximum Gasteiger partial charge on any atom is 0.0537 e. The normalized spacial score (nSPS) is 14.4. The van der Waals surface area contributed by atoms with Gasteiger partial charge in [0, 0.05) is 19.0 Å². The summed E-state index contributed by atoms with van der Waals surface area (Å²) in [7, 11) is 1.70. The van der Waals surface area contributed by atoms with Gasteiger partial charge in [0.25, 0.3) is 0 Å². The van der Waals surface area contributed by atoms with Crippen LogP contribution >= 0.6 is 15.9 Å². The van der Waals surface area contributed by atoms with Crippen LogP contribution in [0.4, 0.5) is 0 Å². The van der Waals surface area contributed by atoms with Crippen LogP contribution in [0.3, 0.4) is 0 Å². The van der Waals surface area contributed by atoms with Crippen molar-refractivity contribution in [2.75, 3.05) is 7.05 Å². The molecule has 0 aliphatic rings. The Hall–Kier alpha value is -0.310. The molecule has 0 spiro atoms. The van der Waals surface area contributed by atoms with E-state index in [1.165, 1.54) is 0 Å². The van der Waals surface area contributed by atoms with E-state index in [0.29, 0.717) is 0 Å². The van der Waals surface area contributed by atoms with E-state index in [1.807, 2.05) is 6.92 Å². The maximum absolute atomic E-state index is 5.36. The molecule has 0 atom stereocenters. The van der Waals surface area contributed by atoms with E-state index in [4.69, 9.17) is 5.73 Å². The number of hydrogen-bond donors (Lipinski definition) is 1. The van der Waals surface area contributed by atoms with Crippen LogP contribution in [-0.4, -0.2) is 13.3 Å². The molecule has 0 bridgehead atoms. The number of allylic oxidation sites excluding steroid dienone is 2. The maximum atomic E-state index is 5.36. The van der Waals surface area contributed by atoms with Crippen molar-refractivity contribution < 1.29 is 0 Å². The lowest BCUT2D eigenvalue weighted by Gasteiger charge is -1.89. The van der Waals surface area contributed by atoms with Gasteiger partial charge < -0.3 is 5.73 Å². The van der Waals surface area contributed by atoms with Gasteiger partial charge in [-0.25, -0.2) is 0 Å². The Kier molecular flexibility index (Phi) is 3.52. The van der Waals surface area contributed by atoms with Crippen LogP contribution in [0.2, 0.25) is 0 Å². The van der Waals surface area contributed by atoms with Crippen molar-refractivity contribution in [2.24, 2.45) is 10.7 Å². The third-order valence-corrected chi connectivity index (χ3v) is 1.45. The molecule has 0 aromatic carbocycles. The zero-order chi connectivity index (χ0) is 6.57. The number of nitrogens with two attached hydrogens (primary N) is 1. The highest BCUT2D eigenvalue weighted by Gasteiger charge is 1.85. The molecule has 8 heavy (non-hydrogen) atoms. The predicted octanol–water partition coefficient (Wildman–Crippen LogP) is 1.27. The largest absolute Gasteiger partial charge is 0.401 e. The minimum atomic E-state index is 0.746. The van der Waals surface area contributed by atoms with Crippen LogP contribution < -0.4 is 5.73 Å². The summed E-state index contributed by atoms with van der Waals surface area (Å²) in [4.78, 5) is 3.75. The molecule has 2 nitrogen and oxygen atoms in total. The van der Waals surface area contributed by atoms with Gasteiger partial charge >= 0.3 is 0 Å². The van der Waals surface area contributed by atoms with Gasteiger partial charge in [-0.15, -0.1) is 0 Å². The van der Waals surface area contributed by atoms with Crippen molar-refractivity contribution in [1.29, 1.82) is 0 Å². The standard InChI is InChI=1S/C5H9BrN2/c1-4(7)5(6)3-8-2/h3H,7H2,1-2H3. The highest BCUT2D eigenvalue weighted by molar-refractivity contribution is 9.12. The Balaban J connectivity index is 4.00. The van der Waals surface area contributed by atoms with E-state index in [0.717, 1.165) is 10.2 Å². The SMILES string of the molecule is CN=CC(Br)=C(C)N. The monoisotopic (exact) mass is 176 g/mol. The Labute approximate surface area is 57.6 Å². The van der Waals surface area contributed by atoms with Crippen LogP contribution in [0, 0.1) is 0 Å². The molecule has 2 N–H and O–H groups in total. The summed E-state index contributed by atoms with van der Waals surface area (Å²) in [6.07, 6.45) is 1.66. The molecule has 0 heterocycles. The summed E-state index contributed by atoms with van der Waals surface area (Å²) in [6.45, 7) is 1.81. The first-order valence-electron chi connectivity index (χ1n) is 2.22. The summed E-state index contributed by atoms with van der Waals surface area (Å²) in [5.74, 6) is 0. The van der Waals surface area contributed by atoms with E-state index in [9.17, 15) is 0 Å². The zero-order valence-corrected chi connectivity index (χ0v) is 6.57. The third-order valence-electron chi connectivity index (χ3n) is 0.619. The van der Waals surface area contributed by atoms with Gasteiger partial charge in [-0.3, -0.25) is 4.99 Å². The van der Waals surface area contributed by atoms with E-state index in [2.05, 4.69) is 20.9 Å². The van der Waals surface area contributed by atoms with Crippen LogP contribution in [0.15, 0.2) is 15.2 Å². The lowest BCUT2D eigenvalue weighted by atomic mass is 10.5. The van der Waals surface area contributed by atoms with Gasteiger partial charge in [-0.05, 0) is 22.9 Å². The molecular formula is C5H9BrN2. The molecule has 0 aliphatic carbocycles. The van der Waals surface area contributed by atoms with Crippen molar-refractivity contribution in [3.8, 4) is 0 Å². The van der Waals surface area contributed by atoms with Crippen LogP contribution in [-0.2, 0) is 0 Å². The summed E-state index contributed by atoms with van der Waals surface area (Å²) < 4.78 is 0.847. The molecule has 0 saturated heterocycles. The van der Waals surface area contributed by atoms with Gasteiger partial charge in [-0.2, -0.15) is 0 Å². The van der Waals surface area contributed by atoms with E-state index in [1.54, 1.807) is 13.3 Å². The van der Waals surface area contributed by atoms with Crippen molar-refractivity contribution in [3.63, 3.8) is 0 Å². The predicted molar refractivity (Wildman–Crippen MR) is 40.2 cm³/mol. The molecule has 0 fully saturated rings. The van der Waals surface area contributed by atoms with Gasteiger partial charge in [0.05, 0.1) is 4.48 Å². The fourth-order valence-corrected chi connectivity index (χ4v) is 0.420. The first-order valence-corrected chi connectivity index (χ1v) is 3.01. The topological polar surface area (TPSA) is 38.4 Å². The molecule has 0 aromatic heterocycles. The molecule has 46 valence electrons. The highest BCUT2D eigenvalue weighted by Crippen LogP contribution is 2.02. The van der Waals surface area contributed by atoms with Gasteiger partial charge in [0.15, 0.2) is 0 Å². The number of hydrogen-bond acceptors (Lipinski definition) is 2. The molecule has 3 heteroatoms. The lowest BCUT2D eigenvalue weighted by molar-refractivity contribution is 1.32. The second-order valence-corrected chi connectivity index (χ2v) is 2.27. The quantitative estimate of drug-likeness (QED) is 0.601. The minimum Gasteiger partial charge on any atom is -0.401 e. The summed E-state index contributed by atoms with van der Waals surface area (Å²) in [5.41, 5.74) is 6.11. The molecule has 0 rings (SSSR count). The van der Waals surface area contributed by atoms with Gasteiger partial charge in [0.2, 0.25) is 0 Å². The van der Waals surface area contributed by atoms with Crippen LogP contribution in [0.25, 0.3) is 0 Å². The first kappa shape index (κ1) is 7.69. The average molecular weight is 177 g/mol. The van der Waals surface area contributed by atoms with Crippen molar-refractivity contribution in [3.05, 3.63) is 10.2 Å². The fraction of sp³-hybridized carbons (Fsp3) is 0.400. The first-order chi connectivity index (χ1) is 3.68. The molecule has 0 radical (unpaired) electrons. The molecule has 0 unspecified atom stereocenters. The van der Waals surface area contributed by atoms with Gasteiger partial charge in [-0.1, -0.05) is 0 Å². The van der Waals surface area contributed by atoms with Crippen molar-refractivity contribution in [1.82, 2.24) is 0 Å². The highest BCUT2D eigenvalue weighted by atomic mass is 79.9. The summed E-state index contributed by atoms with van der Waals surface area (Å²) >= 11 is 3.21. The Morgan fingerprint density at radius 2 is 2.25 bits per heavy atom. The number of aliphatic imine (C=N–C) groups is 1.